The zero-order chi connectivity index (χ0) is 15.9. The highest BCUT2D eigenvalue weighted by atomic mass is 16.4. The lowest BCUT2D eigenvalue weighted by atomic mass is 9.94. The lowest BCUT2D eigenvalue weighted by Crippen LogP contribution is -2.48. The van der Waals surface area contributed by atoms with Crippen molar-refractivity contribution >= 4 is 11.9 Å². The van der Waals surface area contributed by atoms with E-state index in [1.54, 1.807) is 13.0 Å². The molecule has 1 aromatic carbocycles. The molecule has 0 fully saturated rings. The van der Waals surface area contributed by atoms with Gasteiger partial charge in [-0.15, -0.1) is 0 Å². The summed E-state index contributed by atoms with van der Waals surface area (Å²) in [6.45, 7) is 3.92. The standard InChI is InChI=1S/C17H17NO4/c1-10-7-15(22-11(10)2)16(19)18-9-13-6-4-3-5-12(13)8-14(18)17(20)21/h3-7,14H,8-9H2,1-2H3,(H,20,21). The largest absolute Gasteiger partial charge is 0.480 e. The van der Waals surface area contributed by atoms with Gasteiger partial charge in [-0.25, -0.2) is 4.79 Å². The van der Waals surface area contributed by atoms with Crippen LogP contribution < -0.4 is 0 Å². The van der Waals surface area contributed by atoms with Crippen molar-refractivity contribution in [2.75, 3.05) is 0 Å². The summed E-state index contributed by atoms with van der Waals surface area (Å²) in [5.41, 5.74) is 2.84. The highest BCUT2D eigenvalue weighted by Gasteiger charge is 2.36. The number of carbonyl (C=O) groups is 2. The first-order valence-electron chi connectivity index (χ1n) is 7.15. The van der Waals surface area contributed by atoms with Crippen LogP contribution in [0.25, 0.3) is 0 Å². The molecule has 1 aromatic heterocycles. The average molecular weight is 299 g/mol. The van der Waals surface area contributed by atoms with Crippen LogP contribution in [0.3, 0.4) is 0 Å². The van der Waals surface area contributed by atoms with Crippen LogP contribution in [0.1, 0.15) is 33.0 Å². The molecule has 22 heavy (non-hydrogen) atoms. The summed E-state index contributed by atoms with van der Waals surface area (Å²) in [5.74, 6) is -0.505. The van der Waals surface area contributed by atoms with Gasteiger partial charge < -0.3 is 14.4 Å². The number of benzene rings is 1. The van der Waals surface area contributed by atoms with Gasteiger partial charge in [0.2, 0.25) is 0 Å². The SMILES string of the molecule is Cc1cc(C(=O)N2Cc3ccccc3CC2C(=O)O)oc1C. The van der Waals surface area contributed by atoms with E-state index in [4.69, 9.17) is 4.42 Å². The Labute approximate surface area is 128 Å². The van der Waals surface area contributed by atoms with Gasteiger partial charge in [0, 0.05) is 13.0 Å². The molecule has 1 atom stereocenters. The normalized spacial score (nSPS) is 17.2. The molecule has 3 rings (SSSR count). The summed E-state index contributed by atoms with van der Waals surface area (Å²) in [6.07, 6.45) is 0.315. The number of carboxylic acid groups (broad SMARTS) is 1. The second-order valence-corrected chi connectivity index (χ2v) is 5.61. The number of fused-ring (bicyclic) bond motifs is 1. The van der Waals surface area contributed by atoms with Crippen LogP contribution in [0.2, 0.25) is 0 Å². The van der Waals surface area contributed by atoms with Crippen LogP contribution in [0.15, 0.2) is 34.7 Å². The summed E-state index contributed by atoms with van der Waals surface area (Å²) in [6, 6.07) is 8.41. The minimum absolute atomic E-state index is 0.195. The smallest absolute Gasteiger partial charge is 0.326 e. The molecule has 1 aliphatic heterocycles. The molecule has 0 saturated carbocycles. The van der Waals surface area contributed by atoms with Crippen LogP contribution in [0.4, 0.5) is 0 Å². The van der Waals surface area contributed by atoms with E-state index in [1.165, 1.54) is 4.90 Å². The Bertz CT molecular complexity index is 727. The van der Waals surface area contributed by atoms with Gasteiger partial charge in [-0.1, -0.05) is 24.3 Å². The predicted molar refractivity (Wildman–Crippen MR) is 79.6 cm³/mol. The van der Waals surface area contributed by atoms with Crippen molar-refractivity contribution in [2.45, 2.75) is 32.9 Å². The maximum Gasteiger partial charge on any atom is 0.326 e. The Kier molecular flexibility index (Phi) is 3.48. The molecule has 1 unspecified atom stereocenters. The number of amides is 1. The number of rotatable bonds is 2. The van der Waals surface area contributed by atoms with Gasteiger partial charge >= 0.3 is 5.97 Å². The maximum absolute atomic E-state index is 12.7. The zero-order valence-corrected chi connectivity index (χ0v) is 12.5. The van der Waals surface area contributed by atoms with E-state index >= 15 is 0 Å². The Balaban J connectivity index is 1.97. The Morgan fingerprint density at radius 3 is 2.50 bits per heavy atom. The molecule has 5 nitrogen and oxygen atoms in total. The molecular weight excluding hydrogens is 282 g/mol. The molecule has 0 aliphatic carbocycles. The molecule has 1 N–H and O–H groups in total. The Morgan fingerprint density at radius 1 is 1.23 bits per heavy atom. The highest BCUT2D eigenvalue weighted by Crippen LogP contribution is 2.26. The maximum atomic E-state index is 12.7. The van der Waals surface area contributed by atoms with Crippen molar-refractivity contribution in [1.82, 2.24) is 4.90 Å². The third-order valence-electron chi connectivity index (χ3n) is 4.17. The fraction of sp³-hybridized carbons (Fsp3) is 0.294. The van der Waals surface area contributed by atoms with Gasteiger partial charge in [0.15, 0.2) is 5.76 Å². The predicted octanol–water partition coefficient (Wildman–Crippen LogP) is 2.55. The molecule has 1 aliphatic rings. The third kappa shape index (κ3) is 2.39. The van der Waals surface area contributed by atoms with E-state index in [1.807, 2.05) is 31.2 Å². The van der Waals surface area contributed by atoms with Crippen LogP contribution in [-0.2, 0) is 17.8 Å². The minimum Gasteiger partial charge on any atom is -0.480 e. The molecule has 0 spiro atoms. The second kappa shape index (κ2) is 5.33. The number of carboxylic acids is 1. The Hall–Kier alpha value is -2.56. The van der Waals surface area contributed by atoms with E-state index in [0.29, 0.717) is 12.2 Å². The molecule has 5 heteroatoms. The first kappa shape index (κ1) is 14.4. The van der Waals surface area contributed by atoms with Crippen molar-refractivity contribution in [3.05, 3.63) is 58.5 Å². The quantitative estimate of drug-likeness (QED) is 0.925. The molecule has 114 valence electrons. The van der Waals surface area contributed by atoms with Crippen molar-refractivity contribution in [1.29, 1.82) is 0 Å². The fourth-order valence-corrected chi connectivity index (χ4v) is 2.78. The van der Waals surface area contributed by atoms with E-state index < -0.39 is 12.0 Å². The van der Waals surface area contributed by atoms with E-state index in [0.717, 1.165) is 16.7 Å². The first-order valence-corrected chi connectivity index (χ1v) is 7.15. The van der Waals surface area contributed by atoms with Crippen LogP contribution in [0.5, 0.6) is 0 Å². The van der Waals surface area contributed by atoms with E-state index in [9.17, 15) is 14.7 Å². The van der Waals surface area contributed by atoms with E-state index in [-0.39, 0.29) is 18.2 Å². The van der Waals surface area contributed by atoms with Crippen LogP contribution in [0, 0.1) is 13.8 Å². The summed E-state index contributed by atoms with van der Waals surface area (Å²) in [4.78, 5) is 25.6. The molecule has 0 bridgehead atoms. The summed E-state index contributed by atoms with van der Waals surface area (Å²) in [5, 5.41) is 9.47. The zero-order valence-electron chi connectivity index (χ0n) is 12.5. The van der Waals surface area contributed by atoms with Gasteiger partial charge in [0.05, 0.1) is 0 Å². The number of aliphatic carboxylic acids is 1. The summed E-state index contributed by atoms with van der Waals surface area (Å²) < 4.78 is 5.46. The van der Waals surface area contributed by atoms with Gasteiger partial charge in [0.1, 0.15) is 11.8 Å². The van der Waals surface area contributed by atoms with Crippen molar-refractivity contribution < 1.29 is 19.1 Å². The summed E-state index contributed by atoms with van der Waals surface area (Å²) in [7, 11) is 0. The highest BCUT2D eigenvalue weighted by molar-refractivity contribution is 5.95. The number of carbonyl (C=O) groups excluding carboxylic acids is 1. The topological polar surface area (TPSA) is 70.8 Å². The average Bonchev–Trinajstić information content (AvgIpc) is 2.84. The lowest BCUT2D eigenvalue weighted by molar-refractivity contribution is -0.142. The molecule has 0 radical (unpaired) electrons. The fourth-order valence-electron chi connectivity index (χ4n) is 2.78. The molecule has 0 saturated heterocycles. The Morgan fingerprint density at radius 2 is 1.91 bits per heavy atom. The third-order valence-corrected chi connectivity index (χ3v) is 4.17. The lowest BCUT2D eigenvalue weighted by Gasteiger charge is -2.33. The van der Waals surface area contributed by atoms with Gasteiger partial charge in [-0.05, 0) is 36.6 Å². The van der Waals surface area contributed by atoms with E-state index in [2.05, 4.69) is 0 Å². The molecular formula is C17H17NO4. The second-order valence-electron chi connectivity index (χ2n) is 5.61. The molecule has 2 heterocycles. The molecule has 2 aromatic rings. The number of hydrogen-bond donors (Lipinski definition) is 1. The van der Waals surface area contributed by atoms with Gasteiger partial charge in [-0.3, -0.25) is 4.79 Å². The van der Waals surface area contributed by atoms with Gasteiger partial charge in [0.25, 0.3) is 5.91 Å². The van der Waals surface area contributed by atoms with Crippen LogP contribution >= 0.6 is 0 Å². The first-order chi connectivity index (χ1) is 10.5. The summed E-state index contributed by atoms with van der Waals surface area (Å²) >= 11 is 0. The number of aryl methyl sites for hydroxylation is 2. The van der Waals surface area contributed by atoms with Crippen molar-refractivity contribution in [2.24, 2.45) is 0 Å². The number of furan rings is 1. The van der Waals surface area contributed by atoms with Crippen molar-refractivity contribution in [3.8, 4) is 0 Å². The van der Waals surface area contributed by atoms with Crippen LogP contribution in [-0.4, -0.2) is 27.9 Å². The molecule has 1 amide bonds. The number of hydrogen-bond acceptors (Lipinski definition) is 3. The monoisotopic (exact) mass is 299 g/mol. The number of nitrogens with zero attached hydrogens (tertiary/aromatic N) is 1. The van der Waals surface area contributed by atoms with Crippen molar-refractivity contribution in [3.63, 3.8) is 0 Å². The van der Waals surface area contributed by atoms with Gasteiger partial charge in [-0.2, -0.15) is 0 Å². The minimum atomic E-state index is -0.997.